The Kier molecular flexibility index (Phi) is 6.16. The van der Waals surface area contributed by atoms with Gasteiger partial charge >= 0.3 is 5.97 Å². The van der Waals surface area contributed by atoms with E-state index in [-0.39, 0.29) is 18.1 Å². The van der Waals surface area contributed by atoms with E-state index in [1.165, 1.54) is 19.4 Å². The maximum atomic E-state index is 13.8. The molecule has 144 valence electrons. The fourth-order valence-corrected chi connectivity index (χ4v) is 2.60. The number of halogens is 1. The highest BCUT2D eigenvalue weighted by Crippen LogP contribution is 2.23. The van der Waals surface area contributed by atoms with E-state index in [0.717, 1.165) is 5.56 Å². The lowest BCUT2D eigenvalue weighted by atomic mass is 10.1. The lowest BCUT2D eigenvalue weighted by Gasteiger charge is -2.05. The number of carbonyl (C=O) groups excluding carboxylic acids is 2. The van der Waals surface area contributed by atoms with Crippen LogP contribution in [0.4, 0.5) is 4.39 Å². The monoisotopic (exact) mass is 382 g/mol. The summed E-state index contributed by atoms with van der Waals surface area (Å²) in [5.74, 6) is -0.254. The Hall–Kier alpha value is -3.48. The molecule has 28 heavy (non-hydrogen) atoms. The fraction of sp³-hybridized carbons (Fsp3) is 0.190. The van der Waals surface area contributed by atoms with Crippen LogP contribution in [0.5, 0.6) is 0 Å². The van der Waals surface area contributed by atoms with Crippen LogP contribution in [0, 0.1) is 5.82 Å². The van der Waals surface area contributed by atoms with E-state index in [9.17, 15) is 14.0 Å². The number of esters is 1. The van der Waals surface area contributed by atoms with Crippen LogP contribution >= 0.6 is 0 Å². The van der Waals surface area contributed by atoms with E-state index in [1.807, 2.05) is 0 Å². The van der Waals surface area contributed by atoms with Crippen molar-refractivity contribution in [3.8, 4) is 11.3 Å². The molecule has 1 N–H and O–H groups in total. The minimum absolute atomic E-state index is 0.164. The average Bonchev–Trinajstić information content (AvgIpc) is 3.19. The van der Waals surface area contributed by atoms with E-state index < -0.39 is 5.97 Å². The lowest BCUT2D eigenvalue weighted by Crippen LogP contribution is -2.23. The molecule has 0 saturated heterocycles. The molecule has 0 atom stereocenters. The van der Waals surface area contributed by atoms with Crippen molar-refractivity contribution in [1.82, 2.24) is 10.3 Å². The van der Waals surface area contributed by atoms with Crippen LogP contribution in [0.1, 0.15) is 28.2 Å². The number of rotatable bonds is 7. The Morgan fingerprint density at radius 1 is 1.14 bits per heavy atom. The van der Waals surface area contributed by atoms with Crippen molar-refractivity contribution < 1.29 is 23.1 Å². The number of ether oxygens (including phenoxy) is 1. The molecule has 0 unspecified atom stereocenters. The first-order valence-corrected chi connectivity index (χ1v) is 8.70. The number of hydrogen-bond acceptors (Lipinski definition) is 5. The molecule has 3 aromatic rings. The molecule has 0 aliphatic carbocycles. The van der Waals surface area contributed by atoms with Gasteiger partial charge in [0.05, 0.1) is 24.4 Å². The molecular weight excluding hydrogens is 363 g/mol. The summed E-state index contributed by atoms with van der Waals surface area (Å²) in [6.45, 7) is 0.340. The summed E-state index contributed by atoms with van der Waals surface area (Å²) in [5, 5.41) is 2.79. The third-order valence-electron chi connectivity index (χ3n) is 4.12. The van der Waals surface area contributed by atoms with Gasteiger partial charge in [-0.25, -0.2) is 14.2 Å². The number of methoxy groups -OCH3 is 1. The van der Waals surface area contributed by atoms with Crippen LogP contribution in [0.15, 0.2) is 59.1 Å². The van der Waals surface area contributed by atoms with Crippen molar-refractivity contribution >= 4 is 11.9 Å². The number of hydrogen-bond donors (Lipinski definition) is 1. The number of nitrogens with zero attached hydrogens (tertiary/aromatic N) is 1. The van der Waals surface area contributed by atoms with Crippen molar-refractivity contribution in [3.63, 3.8) is 0 Å². The summed E-state index contributed by atoms with van der Waals surface area (Å²) in [6, 6.07) is 13.1. The molecule has 0 aliphatic heterocycles. The maximum absolute atomic E-state index is 13.8. The van der Waals surface area contributed by atoms with Gasteiger partial charge in [0.2, 0.25) is 5.91 Å². The summed E-state index contributed by atoms with van der Waals surface area (Å²) in [4.78, 5) is 27.5. The summed E-state index contributed by atoms with van der Waals surface area (Å²) in [6.07, 6.45) is 1.95. The van der Waals surface area contributed by atoms with E-state index in [1.54, 1.807) is 42.5 Å². The maximum Gasteiger partial charge on any atom is 0.337 e. The molecule has 0 radical (unpaired) electrons. The van der Waals surface area contributed by atoms with E-state index in [2.05, 4.69) is 15.0 Å². The van der Waals surface area contributed by atoms with Crippen LogP contribution in [0.25, 0.3) is 11.3 Å². The first kappa shape index (κ1) is 19.3. The van der Waals surface area contributed by atoms with Gasteiger partial charge < -0.3 is 14.5 Å². The number of oxazole rings is 1. The second-order valence-electron chi connectivity index (χ2n) is 6.06. The smallest absolute Gasteiger partial charge is 0.337 e. The van der Waals surface area contributed by atoms with Crippen LogP contribution in [0.3, 0.4) is 0 Å². The zero-order valence-corrected chi connectivity index (χ0v) is 15.3. The molecule has 1 heterocycles. The SMILES string of the molecule is COC(=O)c1ccc(CNC(=O)CCc2ncc(-c3ccccc3F)o2)cc1. The molecule has 7 heteroatoms. The van der Waals surface area contributed by atoms with E-state index in [4.69, 9.17) is 4.42 Å². The molecule has 1 aromatic heterocycles. The highest BCUT2D eigenvalue weighted by molar-refractivity contribution is 5.89. The quantitative estimate of drug-likeness (QED) is 0.633. The highest BCUT2D eigenvalue weighted by atomic mass is 19.1. The predicted molar refractivity (Wildman–Crippen MR) is 99.8 cm³/mol. The van der Waals surface area contributed by atoms with E-state index in [0.29, 0.717) is 35.7 Å². The minimum atomic E-state index is -0.406. The van der Waals surface area contributed by atoms with E-state index >= 15 is 0 Å². The molecule has 0 fully saturated rings. The first-order valence-electron chi connectivity index (χ1n) is 8.70. The zero-order valence-electron chi connectivity index (χ0n) is 15.3. The van der Waals surface area contributed by atoms with Gasteiger partial charge in [-0.15, -0.1) is 0 Å². The Morgan fingerprint density at radius 3 is 2.61 bits per heavy atom. The van der Waals surface area contributed by atoms with Crippen molar-refractivity contribution in [2.24, 2.45) is 0 Å². The Balaban J connectivity index is 1.48. The largest absolute Gasteiger partial charge is 0.465 e. The number of benzene rings is 2. The molecule has 1 amide bonds. The molecule has 6 nitrogen and oxygen atoms in total. The third-order valence-corrected chi connectivity index (χ3v) is 4.12. The van der Waals surface area contributed by atoms with Gasteiger partial charge in [0.25, 0.3) is 0 Å². The molecule has 0 saturated carbocycles. The topological polar surface area (TPSA) is 81.4 Å². The number of amides is 1. The van der Waals surface area contributed by atoms with Gasteiger partial charge in [-0.1, -0.05) is 24.3 Å². The number of carbonyl (C=O) groups is 2. The predicted octanol–water partition coefficient (Wildman–Crippen LogP) is 3.52. The van der Waals surface area contributed by atoms with Crippen LogP contribution in [0.2, 0.25) is 0 Å². The average molecular weight is 382 g/mol. The number of aromatic nitrogens is 1. The van der Waals surface area contributed by atoms with Crippen LogP contribution in [-0.2, 0) is 22.5 Å². The molecule has 3 rings (SSSR count). The van der Waals surface area contributed by atoms with Gasteiger partial charge in [0, 0.05) is 19.4 Å². The van der Waals surface area contributed by atoms with Gasteiger partial charge in [-0.2, -0.15) is 0 Å². The van der Waals surface area contributed by atoms with Crippen molar-refractivity contribution in [1.29, 1.82) is 0 Å². The summed E-state index contributed by atoms with van der Waals surface area (Å²) < 4.78 is 23.9. The Labute approximate surface area is 161 Å². The van der Waals surface area contributed by atoms with Crippen LogP contribution < -0.4 is 5.32 Å². The third kappa shape index (κ3) is 4.82. The van der Waals surface area contributed by atoms with Crippen molar-refractivity contribution in [2.45, 2.75) is 19.4 Å². The van der Waals surface area contributed by atoms with Gasteiger partial charge in [-0.3, -0.25) is 4.79 Å². The molecule has 2 aromatic carbocycles. The zero-order chi connectivity index (χ0) is 19.9. The fourth-order valence-electron chi connectivity index (χ4n) is 2.60. The van der Waals surface area contributed by atoms with Crippen molar-refractivity contribution in [3.05, 3.63) is 77.6 Å². The number of nitrogens with one attached hydrogen (secondary N) is 1. The Bertz CT molecular complexity index is 967. The summed E-state index contributed by atoms with van der Waals surface area (Å²) in [7, 11) is 1.32. The van der Waals surface area contributed by atoms with Gasteiger partial charge in [-0.05, 0) is 29.8 Å². The standard InChI is InChI=1S/C21H19FN2O4/c1-27-21(26)15-8-6-14(7-9-15)12-23-19(25)10-11-20-24-13-18(28-20)16-4-2-3-5-17(16)22/h2-9,13H,10-12H2,1H3,(H,23,25). The summed E-state index contributed by atoms with van der Waals surface area (Å²) >= 11 is 0. The molecule has 0 bridgehead atoms. The van der Waals surface area contributed by atoms with Crippen molar-refractivity contribution in [2.75, 3.05) is 7.11 Å². The highest BCUT2D eigenvalue weighted by Gasteiger charge is 2.12. The normalized spacial score (nSPS) is 10.5. The first-order chi connectivity index (χ1) is 13.6. The second kappa shape index (κ2) is 8.94. The minimum Gasteiger partial charge on any atom is -0.465 e. The molecule has 0 spiro atoms. The Morgan fingerprint density at radius 2 is 1.89 bits per heavy atom. The van der Waals surface area contributed by atoms with Crippen LogP contribution in [-0.4, -0.2) is 24.0 Å². The summed E-state index contributed by atoms with van der Waals surface area (Å²) in [5.41, 5.74) is 1.65. The van der Waals surface area contributed by atoms with Gasteiger partial charge in [0.1, 0.15) is 5.82 Å². The number of aryl methyl sites for hydroxylation is 1. The second-order valence-corrected chi connectivity index (χ2v) is 6.06. The lowest BCUT2D eigenvalue weighted by molar-refractivity contribution is -0.121. The molecular formula is C21H19FN2O4. The molecule has 0 aliphatic rings. The van der Waals surface area contributed by atoms with Gasteiger partial charge in [0.15, 0.2) is 11.7 Å².